The Kier molecular flexibility index (Phi) is 6.94. The fourth-order valence-electron chi connectivity index (χ4n) is 2.66. The molecule has 31 heavy (non-hydrogen) atoms. The van der Waals surface area contributed by atoms with Crippen molar-refractivity contribution in [3.63, 3.8) is 0 Å². The number of anilines is 1. The van der Waals surface area contributed by atoms with E-state index in [1.165, 1.54) is 13.2 Å². The second-order valence-electron chi connectivity index (χ2n) is 6.28. The van der Waals surface area contributed by atoms with Gasteiger partial charge in [-0.2, -0.15) is 13.2 Å². The minimum absolute atomic E-state index is 0.00842. The van der Waals surface area contributed by atoms with Crippen molar-refractivity contribution in [2.75, 3.05) is 19.0 Å². The predicted octanol–water partition coefficient (Wildman–Crippen LogP) is 4.99. The molecule has 1 saturated heterocycles. The molecule has 2 aromatic carbocycles. The molecular formula is C20H14F3IN2O4S. The van der Waals surface area contributed by atoms with E-state index in [1.54, 1.807) is 12.1 Å². The van der Waals surface area contributed by atoms with Gasteiger partial charge in [-0.15, -0.1) is 0 Å². The van der Waals surface area contributed by atoms with Crippen molar-refractivity contribution in [3.05, 3.63) is 62.1 Å². The Morgan fingerprint density at radius 1 is 1.19 bits per heavy atom. The van der Waals surface area contributed by atoms with E-state index in [4.69, 9.17) is 4.74 Å². The maximum Gasteiger partial charge on any atom is 0.416 e. The zero-order chi connectivity index (χ0) is 22.8. The first-order valence-corrected chi connectivity index (χ1v) is 10.5. The number of carbonyl (C=O) groups excluding carboxylic acids is 3. The van der Waals surface area contributed by atoms with Crippen LogP contribution >= 0.6 is 34.4 Å². The van der Waals surface area contributed by atoms with E-state index in [2.05, 4.69) is 27.9 Å². The molecule has 1 heterocycles. The highest BCUT2D eigenvalue weighted by molar-refractivity contribution is 14.1. The van der Waals surface area contributed by atoms with Crippen LogP contribution in [0.25, 0.3) is 6.08 Å². The van der Waals surface area contributed by atoms with Gasteiger partial charge in [-0.1, -0.05) is 12.1 Å². The average molecular weight is 562 g/mol. The van der Waals surface area contributed by atoms with Gasteiger partial charge in [0.15, 0.2) is 0 Å². The molecule has 1 aliphatic rings. The maximum absolute atomic E-state index is 13.0. The first-order chi connectivity index (χ1) is 14.6. The highest BCUT2D eigenvalue weighted by Gasteiger charge is 2.36. The highest BCUT2D eigenvalue weighted by atomic mass is 127. The smallest absolute Gasteiger partial charge is 0.416 e. The van der Waals surface area contributed by atoms with Gasteiger partial charge in [0.05, 0.1) is 23.3 Å². The van der Waals surface area contributed by atoms with Crippen LogP contribution in [0.4, 0.5) is 23.7 Å². The Morgan fingerprint density at radius 2 is 1.87 bits per heavy atom. The van der Waals surface area contributed by atoms with Gasteiger partial charge >= 0.3 is 6.18 Å². The average Bonchev–Trinajstić information content (AvgIpc) is 2.96. The Bertz CT molecular complexity index is 1070. The summed E-state index contributed by atoms with van der Waals surface area (Å²) in [7, 11) is 1.24. The Hall–Kier alpha value is -2.54. The van der Waals surface area contributed by atoms with E-state index in [1.807, 2.05) is 12.1 Å². The van der Waals surface area contributed by atoms with Crippen molar-refractivity contribution in [1.29, 1.82) is 0 Å². The van der Waals surface area contributed by atoms with Crippen molar-refractivity contribution < 1.29 is 32.3 Å². The van der Waals surface area contributed by atoms with Gasteiger partial charge in [-0.25, -0.2) is 0 Å². The van der Waals surface area contributed by atoms with Crippen LogP contribution in [-0.2, 0) is 15.8 Å². The summed E-state index contributed by atoms with van der Waals surface area (Å²) in [5.41, 5.74) is -0.483. The number of thioether (sulfide) groups is 1. The van der Waals surface area contributed by atoms with E-state index in [0.717, 1.165) is 26.7 Å². The molecule has 11 heteroatoms. The first-order valence-electron chi connectivity index (χ1n) is 8.64. The summed E-state index contributed by atoms with van der Waals surface area (Å²) in [5.74, 6) is -1.48. The van der Waals surface area contributed by atoms with Gasteiger partial charge < -0.3 is 10.1 Å². The number of amides is 3. The van der Waals surface area contributed by atoms with Crippen LogP contribution in [0.1, 0.15) is 11.1 Å². The third kappa shape index (κ3) is 5.58. The molecule has 1 fully saturated rings. The second kappa shape index (κ2) is 9.30. The van der Waals surface area contributed by atoms with Gasteiger partial charge in [-0.05, 0) is 76.3 Å². The second-order valence-corrected chi connectivity index (χ2v) is 8.52. The molecule has 0 radical (unpaired) electrons. The standard InChI is InChI=1S/C20H14F3IN2O4S/c1-30-15-7-4-12(20(21,22)23)9-14(15)25-17(27)10-26-18(28)16(31-19(26)29)8-11-2-5-13(24)6-3-11/h2-9H,10H2,1H3,(H,25,27)/b16-8-. The lowest BCUT2D eigenvalue weighted by atomic mass is 10.1. The molecule has 0 aromatic heterocycles. The van der Waals surface area contributed by atoms with Crippen LogP contribution in [0.15, 0.2) is 47.4 Å². The molecule has 6 nitrogen and oxygen atoms in total. The highest BCUT2D eigenvalue weighted by Crippen LogP contribution is 2.35. The number of hydrogen-bond donors (Lipinski definition) is 1. The number of nitrogens with zero attached hydrogens (tertiary/aromatic N) is 1. The van der Waals surface area contributed by atoms with Crippen molar-refractivity contribution in [2.24, 2.45) is 0 Å². The summed E-state index contributed by atoms with van der Waals surface area (Å²) in [4.78, 5) is 38.0. The maximum atomic E-state index is 13.0. The summed E-state index contributed by atoms with van der Waals surface area (Å²) in [6.07, 6.45) is -3.08. The summed E-state index contributed by atoms with van der Waals surface area (Å²) < 4.78 is 44.8. The molecule has 3 rings (SSSR count). The van der Waals surface area contributed by atoms with Gasteiger partial charge in [0.1, 0.15) is 12.3 Å². The molecule has 0 atom stereocenters. The Labute approximate surface area is 193 Å². The summed E-state index contributed by atoms with van der Waals surface area (Å²) >= 11 is 2.82. The lowest BCUT2D eigenvalue weighted by Gasteiger charge is -2.16. The fourth-order valence-corrected chi connectivity index (χ4v) is 3.86. The summed E-state index contributed by atoms with van der Waals surface area (Å²) in [6.45, 7) is -0.645. The molecular weight excluding hydrogens is 548 g/mol. The van der Waals surface area contributed by atoms with Crippen LogP contribution in [0, 0.1) is 3.57 Å². The lowest BCUT2D eigenvalue weighted by Crippen LogP contribution is -2.36. The predicted molar refractivity (Wildman–Crippen MR) is 118 cm³/mol. The first kappa shape index (κ1) is 23.1. The molecule has 162 valence electrons. The SMILES string of the molecule is COc1ccc(C(F)(F)F)cc1NC(=O)CN1C(=O)S/C(=C\c2ccc(I)cc2)C1=O. The zero-order valence-corrected chi connectivity index (χ0v) is 18.8. The normalized spacial score (nSPS) is 15.5. The number of ether oxygens (including phenoxy) is 1. The molecule has 0 unspecified atom stereocenters. The largest absolute Gasteiger partial charge is 0.495 e. The number of benzene rings is 2. The molecule has 0 spiro atoms. The van der Waals surface area contributed by atoms with Crippen LogP contribution in [0.5, 0.6) is 5.75 Å². The van der Waals surface area contributed by atoms with Gasteiger partial charge in [-0.3, -0.25) is 19.3 Å². The molecule has 0 aliphatic carbocycles. The third-order valence-corrected chi connectivity index (χ3v) is 5.77. The number of imide groups is 1. The number of alkyl halides is 3. The number of methoxy groups -OCH3 is 1. The monoisotopic (exact) mass is 562 g/mol. The molecule has 3 amide bonds. The number of nitrogens with one attached hydrogen (secondary N) is 1. The quantitative estimate of drug-likeness (QED) is 0.411. The molecule has 0 saturated carbocycles. The van der Waals surface area contributed by atoms with Gasteiger partial charge in [0.25, 0.3) is 11.1 Å². The fraction of sp³-hybridized carbons (Fsp3) is 0.150. The van der Waals surface area contributed by atoms with Gasteiger partial charge in [0, 0.05) is 3.57 Å². The molecule has 2 aromatic rings. The van der Waals surface area contributed by atoms with E-state index in [-0.39, 0.29) is 16.3 Å². The topological polar surface area (TPSA) is 75.7 Å². The Morgan fingerprint density at radius 3 is 2.48 bits per heavy atom. The third-order valence-electron chi connectivity index (χ3n) is 4.14. The van der Waals surface area contributed by atoms with Crippen LogP contribution in [-0.4, -0.2) is 35.6 Å². The van der Waals surface area contributed by atoms with Crippen LogP contribution in [0.2, 0.25) is 0 Å². The van der Waals surface area contributed by atoms with Crippen molar-refractivity contribution >= 4 is 63.2 Å². The molecule has 1 aliphatic heterocycles. The van der Waals surface area contributed by atoms with E-state index in [0.29, 0.717) is 17.3 Å². The van der Waals surface area contributed by atoms with Crippen molar-refractivity contribution in [3.8, 4) is 5.75 Å². The number of hydrogen-bond acceptors (Lipinski definition) is 5. The van der Waals surface area contributed by atoms with Crippen molar-refractivity contribution in [2.45, 2.75) is 6.18 Å². The lowest BCUT2D eigenvalue weighted by molar-refractivity contribution is -0.137. The number of carbonyl (C=O) groups is 3. The number of rotatable bonds is 5. The summed E-state index contributed by atoms with van der Waals surface area (Å²) in [5, 5.41) is 1.63. The van der Waals surface area contributed by atoms with E-state index < -0.39 is 35.3 Å². The minimum Gasteiger partial charge on any atom is -0.495 e. The number of halogens is 4. The van der Waals surface area contributed by atoms with E-state index >= 15 is 0 Å². The molecule has 1 N–H and O–H groups in total. The Balaban J connectivity index is 1.74. The van der Waals surface area contributed by atoms with Crippen molar-refractivity contribution in [1.82, 2.24) is 4.90 Å². The van der Waals surface area contributed by atoms with E-state index in [9.17, 15) is 27.6 Å². The minimum atomic E-state index is -4.61. The van der Waals surface area contributed by atoms with Crippen LogP contribution in [0.3, 0.4) is 0 Å². The van der Waals surface area contributed by atoms with Gasteiger partial charge in [0.2, 0.25) is 5.91 Å². The van der Waals surface area contributed by atoms with Crippen LogP contribution < -0.4 is 10.1 Å². The zero-order valence-electron chi connectivity index (χ0n) is 15.8. The summed E-state index contributed by atoms with van der Waals surface area (Å²) in [6, 6.07) is 9.85. The molecule has 0 bridgehead atoms.